The molecule has 0 aromatic carbocycles. The summed E-state index contributed by atoms with van der Waals surface area (Å²) in [4.78, 5) is 22.2. The van der Waals surface area contributed by atoms with Gasteiger partial charge in [0.1, 0.15) is 0 Å². The molecule has 0 amide bonds. The first-order valence-corrected chi connectivity index (χ1v) is 3.09. The molecule has 1 radical (unpaired) electrons. The van der Waals surface area contributed by atoms with Gasteiger partial charge >= 0.3 is 11.6 Å². The van der Waals surface area contributed by atoms with Gasteiger partial charge in [-0.3, -0.25) is 15.1 Å². The van der Waals surface area contributed by atoms with E-state index in [1.54, 1.807) is 0 Å². The van der Waals surface area contributed by atoms with E-state index in [2.05, 4.69) is 19.9 Å². The Labute approximate surface area is 65.3 Å². The third-order valence-corrected chi connectivity index (χ3v) is 1.36. The molecule has 0 aliphatic heterocycles. The van der Waals surface area contributed by atoms with Crippen LogP contribution in [0.2, 0.25) is 0 Å². The third-order valence-electron chi connectivity index (χ3n) is 1.36. The van der Waals surface area contributed by atoms with Crippen LogP contribution in [0.1, 0.15) is 0 Å². The average Bonchev–Trinajstić information content (AvgIpc) is 2.29. The van der Waals surface area contributed by atoms with E-state index in [1.807, 2.05) is 0 Å². The number of aromatic amines is 2. The van der Waals surface area contributed by atoms with Gasteiger partial charge in [0.15, 0.2) is 11.2 Å². The molecule has 2 heterocycles. The third kappa shape index (κ3) is 0.797. The number of hydrogen-bond acceptors (Lipinski definition) is 4. The van der Waals surface area contributed by atoms with Crippen molar-refractivity contribution in [2.75, 3.05) is 5.73 Å². The number of nitrogens with two attached hydrogens (primary N) is 1. The highest BCUT2D eigenvalue weighted by Crippen LogP contribution is 2.16. The fourth-order valence-corrected chi connectivity index (χ4v) is 0.912. The van der Waals surface area contributed by atoms with Crippen molar-refractivity contribution < 1.29 is 5.11 Å². The van der Waals surface area contributed by atoms with Crippen molar-refractivity contribution in [2.45, 2.75) is 0 Å². The molecule has 2 rings (SSSR count). The molecule has 0 saturated heterocycles. The number of imidazole rings is 1. The minimum atomic E-state index is -0.587. The SMILES string of the molecule is Nc1nc([O])c2[nH]c(=O)[nH]c2n1. The maximum atomic E-state index is 11.0. The number of anilines is 1. The Kier molecular flexibility index (Phi) is 1.09. The molecular formula is C5H4N5O2. The number of fused-ring (bicyclic) bond motifs is 1. The van der Waals surface area contributed by atoms with Crippen LogP contribution >= 0.6 is 0 Å². The molecule has 0 spiro atoms. The summed E-state index contributed by atoms with van der Waals surface area (Å²) in [5.74, 6) is -0.737. The highest BCUT2D eigenvalue weighted by atomic mass is 16.3. The molecule has 0 aliphatic rings. The van der Waals surface area contributed by atoms with E-state index in [1.165, 1.54) is 0 Å². The van der Waals surface area contributed by atoms with E-state index < -0.39 is 11.6 Å². The topological polar surface area (TPSA) is 120 Å². The molecule has 4 N–H and O–H groups in total. The van der Waals surface area contributed by atoms with Crippen LogP contribution in [0.25, 0.3) is 11.2 Å². The van der Waals surface area contributed by atoms with Gasteiger partial charge in [-0.1, -0.05) is 0 Å². The van der Waals surface area contributed by atoms with E-state index >= 15 is 0 Å². The fourth-order valence-electron chi connectivity index (χ4n) is 0.912. The summed E-state index contributed by atoms with van der Waals surface area (Å²) in [6, 6.07) is 0. The maximum absolute atomic E-state index is 11.0. The van der Waals surface area contributed by atoms with Crippen molar-refractivity contribution in [3.05, 3.63) is 10.5 Å². The van der Waals surface area contributed by atoms with Crippen LogP contribution in [-0.4, -0.2) is 19.9 Å². The lowest BCUT2D eigenvalue weighted by Gasteiger charge is -1.90. The molecule has 61 valence electrons. The van der Waals surface area contributed by atoms with Crippen LogP contribution in [0.5, 0.6) is 5.88 Å². The summed E-state index contributed by atoms with van der Waals surface area (Å²) in [5, 5.41) is 11.0. The second-order valence-electron chi connectivity index (χ2n) is 2.19. The summed E-state index contributed by atoms with van der Waals surface area (Å²) in [5.41, 5.74) is 4.86. The second kappa shape index (κ2) is 1.97. The lowest BCUT2D eigenvalue weighted by Crippen LogP contribution is -1.99. The largest absolute Gasteiger partial charge is 0.368 e. The molecule has 0 atom stereocenters. The number of nitrogens with zero attached hydrogens (tertiary/aromatic N) is 2. The van der Waals surface area contributed by atoms with Crippen molar-refractivity contribution in [3.63, 3.8) is 0 Å². The van der Waals surface area contributed by atoms with Crippen LogP contribution in [0.4, 0.5) is 5.95 Å². The zero-order valence-corrected chi connectivity index (χ0v) is 5.79. The van der Waals surface area contributed by atoms with Crippen LogP contribution in [0.3, 0.4) is 0 Å². The fraction of sp³-hybridized carbons (Fsp3) is 0. The molecule has 0 saturated carbocycles. The van der Waals surface area contributed by atoms with Crippen molar-refractivity contribution in [3.8, 4) is 5.88 Å². The van der Waals surface area contributed by atoms with Crippen molar-refractivity contribution in [1.82, 2.24) is 19.9 Å². The quantitative estimate of drug-likeness (QED) is 0.482. The summed E-state index contributed by atoms with van der Waals surface area (Å²) in [7, 11) is 0. The van der Waals surface area contributed by atoms with Gasteiger partial charge in [-0.05, 0) is 0 Å². The van der Waals surface area contributed by atoms with Gasteiger partial charge in [-0.15, -0.1) is 0 Å². The second-order valence-corrected chi connectivity index (χ2v) is 2.19. The molecule has 0 fully saturated rings. The summed E-state index contributed by atoms with van der Waals surface area (Å²) in [6.45, 7) is 0. The monoisotopic (exact) mass is 166 g/mol. The van der Waals surface area contributed by atoms with Crippen LogP contribution in [-0.2, 0) is 5.11 Å². The van der Waals surface area contributed by atoms with Gasteiger partial charge in [0.05, 0.1) is 0 Å². The lowest BCUT2D eigenvalue weighted by atomic mass is 10.5. The Hall–Kier alpha value is -2.05. The van der Waals surface area contributed by atoms with Crippen molar-refractivity contribution in [2.24, 2.45) is 0 Å². The van der Waals surface area contributed by atoms with Gasteiger partial charge in [-0.2, -0.15) is 9.97 Å². The standard InChI is InChI=1S/C5H4N5O2/c6-4-8-2-1(3(11)10-4)7-5(12)9-2/h(H4,6,7,8,9,10,12). The Balaban J connectivity index is 2.97. The summed E-state index contributed by atoms with van der Waals surface area (Å²) >= 11 is 0. The number of rotatable bonds is 0. The average molecular weight is 166 g/mol. The Morgan fingerprint density at radius 2 is 2.00 bits per heavy atom. The number of H-pyrrole nitrogens is 2. The summed E-state index contributed by atoms with van der Waals surface area (Å²) < 4.78 is 0. The van der Waals surface area contributed by atoms with Crippen molar-refractivity contribution in [1.29, 1.82) is 0 Å². The molecule has 0 unspecified atom stereocenters. The summed E-state index contributed by atoms with van der Waals surface area (Å²) in [6.07, 6.45) is 0. The van der Waals surface area contributed by atoms with Gasteiger partial charge in [0.25, 0.3) is 0 Å². The highest BCUT2D eigenvalue weighted by molar-refractivity contribution is 5.75. The number of hydrogen-bond donors (Lipinski definition) is 3. The lowest BCUT2D eigenvalue weighted by molar-refractivity contribution is 0.342. The molecule has 2 aromatic heterocycles. The van der Waals surface area contributed by atoms with Crippen molar-refractivity contribution >= 4 is 17.1 Å². The van der Waals surface area contributed by atoms with E-state index in [0.29, 0.717) is 0 Å². The predicted molar refractivity (Wildman–Crippen MR) is 39.1 cm³/mol. The Bertz CT molecular complexity index is 484. The maximum Gasteiger partial charge on any atom is 0.325 e. The smallest absolute Gasteiger partial charge is 0.325 e. The van der Waals surface area contributed by atoms with Gasteiger partial charge in [-0.25, -0.2) is 4.79 Å². The molecule has 12 heavy (non-hydrogen) atoms. The molecule has 0 bridgehead atoms. The predicted octanol–water partition coefficient (Wildman–Crippen LogP) is -0.628. The highest BCUT2D eigenvalue weighted by Gasteiger charge is 2.08. The Morgan fingerprint density at radius 1 is 1.25 bits per heavy atom. The molecule has 0 aliphatic carbocycles. The minimum absolute atomic E-state index is 0.0502. The van der Waals surface area contributed by atoms with Crippen LogP contribution in [0, 0.1) is 0 Å². The molecule has 7 nitrogen and oxygen atoms in total. The zero-order chi connectivity index (χ0) is 8.72. The van der Waals surface area contributed by atoms with Crippen LogP contribution < -0.4 is 11.4 Å². The van der Waals surface area contributed by atoms with Gasteiger partial charge in [0.2, 0.25) is 5.95 Å². The number of nitrogen functional groups attached to an aromatic ring is 1. The van der Waals surface area contributed by atoms with E-state index in [9.17, 15) is 9.90 Å². The number of nitrogens with one attached hydrogen (secondary N) is 2. The van der Waals surface area contributed by atoms with E-state index in [0.717, 1.165) is 0 Å². The first-order valence-electron chi connectivity index (χ1n) is 3.09. The van der Waals surface area contributed by atoms with Crippen LogP contribution in [0.15, 0.2) is 4.79 Å². The molecular weight excluding hydrogens is 162 g/mol. The first kappa shape index (κ1) is 6.65. The Morgan fingerprint density at radius 3 is 2.75 bits per heavy atom. The first-order chi connectivity index (χ1) is 5.66. The molecule has 2 aromatic rings. The number of aromatic nitrogens is 4. The molecule has 7 heteroatoms. The van der Waals surface area contributed by atoms with Gasteiger partial charge in [0, 0.05) is 0 Å². The zero-order valence-electron chi connectivity index (χ0n) is 5.79. The van der Waals surface area contributed by atoms with E-state index in [-0.39, 0.29) is 17.1 Å². The normalized spacial score (nSPS) is 10.7. The van der Waals surface area contributed by atoms with E-state index in [4.69, 9.17) is 5.73 Å². The minimum Gasteiger partial charge on any atom is -0.368 e. The van der Waals surface area contributed by atoms with Gasteiger partial charge < -0.3 is 5.73 Å².